The molecule has 1 aliphatic rings. The lowest BCUT2D eigenvalue weighted by Gasteiger charge is -2.37. The quantitative estimate of drug-likeness (QED) is 0.719. The van der Waals surface area contributed by atoms with E-state index >= 15 is 0 Å². The average Bonchev–Trinajstić information content (AvgIpc) is 2.40. The fourth-order valence-electron chi connectivity index (χ4n) is 3.00. The van der Waals surface area contributed by atoms with E-state index in [1.165, 1.54) is 12.8 Å². The van der Waals surface area contributed by atoms with Gasteiger partial charge in [-0.15, -0.1) is 0 Å². The molecule has 0 aliphatic carbocycles. The summed E-state index contributed by atoms with van der Waals surface area (Å²) < 4.78 is 0. The van der Waals surface area contributed by atoms with Gasteiger partial charge in [-0.25, -0.2) is 0 Å². The topological polar surface area (TPSA) is 52.6 Å². The molecule has 0 aromatic heterocycles. The summed E-state index contributed by atoms with van der Waals surface area (Å²) in [5.41, 5.74) is -0.777. The first-order chi connectivity index (χ1) is 9.39. The molecular formula is C16H32N2O2. The molecular weight excluding hydrogens is 252 g/mol. The number of likely N-dealkylation sites (tertiary alicyclic amines) is 1. The van der Waals surface area contributed by atoms with Crippen molar-refractivity contribution < 1.29 is 9.90 Å². The molecule has 0 aromatic rings. The molecule has 20 heavy (non-hydrogen) atoms. The van der Waals surface area contributed by atoms with Gasteiger partial charge in [0.15, 0.2) is 0 Å². The van der Waals surface area contributed by atoms with Crippen molar-refractivity contribution in [2.75, 3.05) is 19.6 Å². The number of carbonyl (C=O) groups is 1. The highest BCUT2D eigenvalue weighted by molar-refractivity contribution is 5.78. The molecule has 3 atom stereocenters. The van der Waals surface area contributed by atoms with Crippen molar-refractivity contribution in [2.24, 2.45) is 5.92 Å². The third kappa shape index (κ3) is 5.06. The molecule has 1 aliphatic heterocycles. The predicted octanol–water partition coefficient (Wildman–Crippen LogP) is 2.73. The number of hydrogen-bond donors (Lipinski definition) is 2. The minimum atomic E-state index is -0.777. The maximum Gasteiger partial charge on any atom is 0.323 e. The molecule has 1 fully saturated rings. The van der Waals surface area contributed by atoms with Gasteiger partial charge in [-0.05, 0) is 65.0 Å². The van der Waals surface area contributed by atoms with Gasteiger partial charge in [0, 0.05) is 12.6 Å². The highest BCUT2D eigenvalue weighted by atomic mass is 16.4. The molecule has 1 heterocycles. The Bertz CT molecular complexity index is 309. The fraction of sp³-hybridized carbons (Fsp3) is 0.938. The highest BCUT2D eigenvalue weighted by Gasteiger charge is 2.32. The molecule has 4 heteroatoms. The number of nitrogens with one attached hydrogen (secondary N) is 1. The van der Waals surface area contributed by atoms with Crippen LogP contribution in [-0.4, -0.2) is 47.2 Å². The van der Waals surface area contributed by atoms with Crippen LogP contribution in [0.25, 0.3) is 0 Å². The normalized spacial score (nSPS) is 27.2. The van der Waals surface area contributed by atoms with E-state index in [1.54, 1.807) is 0 Å². The zero-order chi connectivity index (χ0) is 15.2. The zero-order valence-electron chi connectivity index (χ0n) is 13.6. The minimum absolute atomic E-state index is 0.644. The molecule has 2 N–H and O–H groups in total. The van der Waals surface area contributed by atoms with E-state index in [1.807, 2.05) is 6.92 Å². The standard InChI is InChI=1S/C16H32N2O2/c1-5-10-17-16(4,15(19)20)9-6-11-18-12-13(2)7-8-14(18)3/h13-14,17H,5-12H2,1-4H3,(H,19,20). The Morgan fingerprint density at radius 3 is 2.70 bits per heavy atom. The van der Waals surface area contributed by atoms with E-state index in [-0.39, 0.29) is 0 Å². The first-order valence-corrected chi connectivity index (χ1v) is 8.11. The van der Waals surface area contributed by atoms with Gasteiger partial charge in [0.05, 0.1) is 0 Å². The summed E-state index contributed by atoms with van der Waals surface area (Å²) in [5.74, 6) is 0.0429. The van der Waals surface area contributed by atoms with E-state index in [9.17, 15) is 9.90 Å². The molecule has 1 saturated heterocycles. The van der Waals surface area contributed by atoms with Gasteiger partial charge in [0.2, 0.25) is 0 Å². The molecule has 0 bridgehead atoms. The average molecular weight is 284 g/mol. The van der Waals surface area contributed by atoms with Crippen LogP contribution in [0.2, 0.25) is 0 Å². The molecule has 0 spiro atoms. The Kier molecular flexibility index (Phi) is 6.96. The van der Waals surface area contributed by atoms with Crippen LogP contribution < -0.4 is 5.32 Å². The lowest BCUT2D eigenvalue weighted by atomic mass is 9.92. The molecule has 4 nitrogen and oxygen atoms in total. The largest absolute Gasteiger partial charge is 0.480 e. The number of nitrogens with zero attached hydrogens (tertiary/aromatic N) is 1. The van der Waals surface area contributed by atoms with Crippen LogP contribution in [0.1, 0.15) is 59.8 Å². The Morgan fingerprint density at radius 2 is 2.10 bits per heavy atom. The van der Waals surface area contributed by atoms with Crippen LogP contribution in [0.5, 0.6) is 0 Å². The molecule has 0 radical (unpaired) electrons. The number of aliphatic carboxylic acids is 1. The molecule has 1 rings (SSSR count). The molecule has 0 aromatic carbocycles. The predicted molar refractivity (Wildman–Crippen MR) is 83.0 cm³/mol. The number of rotatable bonds is 8. The van der Waals surface area contributed by atoms with Crippen LogP contribution in [0.15, 0.2) is 0 Å². The number of carboxylic acid groups (broad SMARTS) is 1. The summed E-state index contributed by atoms with van der Waals surface area (Å²) in [6.45, 7) is 11.4. The first kappa shape index (κ1) is 17.4. The van der Waals surface area contributed by atoms with Crippen molar-refractivity contribution in [3.8, 4) is 0 Å². The number of piperidine rings is 1. The second-order valence-corrected chi connectivity index (χ2v) is 6.69. The van der Waals surface area contributed by atoms with Crippen LogP contribution >= 0.6 is 0 Å². The van der Waals surface area contributed by atoms with Crippen LogP contribution in [0, 0.1) is 5.92 Å². The monoisotopic (exact) mass is 284 g/mol. The second-order valence-electron chi connectivity index (χ2n) is 6.69. The van der Waals surface area contributed by atoms with Gasteiger partial charge in [0.25, 0.3) is 0 Å². The van der Waals surface area contributed by atoms with Crippen molar-refractivity contribution >= 4 is 5.97 Å². The zero-order valence-corrected chi connectivity index (χ0v) is 13.6. The molecule has 3 unspecified atom stereocenters. The summed E-state index contributed by atoms with van der Waals surface area (Å²) in [4.78, 5) is 14.0. The van der Waals surface area contributed by atoms with Gasteiger partial charge in [0.1, 0.15) is 5.54 Å². The molecule has 118 valence electrons. The van der Waals surface area contributed by atoms with Crippen molar-refractivity contribution in [2.45, 2.75) is 71.4 Å². The third-order valence-corrected chi connectivity index (χ3v) is 4.61. The van der Waals surface area contributed by atoms with Crippen molar-refractivity contribution in [1.82, 2.24) is 10.2 Å². The summed E-state index contributed by atoms with van der Waals surface area (Å²) in [7, 11) is 0. The van der Waals surface area contributed by atoms with Crippen LogP contribution in [-0.2, 0) is 4.79 Å². The van der Waals surface area contributed by atoms with E-state index in [0.29, 0.717) is 12.5 Å². The van der Waals surface area contributed by atoms with Gasteiger partial charge in [-0.3, -0.25) is 4.79 Å². The Labute approximate surface area is 123 Å². The summed E-state index contributed by atoms with van der Waals surface area (Å²) >= 11 is 0. The minimum Gasteiger partial charge on any atom is -0.480 e. The highest BCUT2D eigenvalue weighted by Crippen LogP contribution is 2.22. The van der Waals surface area contributed by atoms with Crippen LogP contribution in [0.4, 0.5) is 0 Å². The van der Waals surface area contributed by atoms with Crippen molar-refractivity contribution in [3.05, 3.63) is 0 Å². The SMILES string of the molecule is CCCNC(C)(CCCN1CC(C)CCC1C)C(=O)O. The summed E-state index contributed by atoms with van der Waals surface area (Å²) in [6.07, 6.45) is 5.19. The van der Waals surface area contributed by atoms with E-state index in [0.717, 1.165) is 38.4 Å². The smallest absolute Gasteiger partial charge is 0.323 e. The van der Waals surface area contributed by atoms with Gasteiger partial charge in [-0.1, -0.05) is 13.8 Å². The number of hydrogen-bond acceptors (Lipinski definition) is 3. The molecule has 0 amide bonds. The van der Waals surface area contributed by atoms with Gasteiger partial charge < -0.3 is 15.3 Å². The van der Waals surface area contributed by atoms with Crippen molar-refractivity contribution in [1.29, 1.82) is 0 Å². The fourth-order valence-corrected chi connectivity index (χ4v) is 3.00. The van der Waals surface area contributed by atoms with E-state index in [4.69, 9.17) is 0 Å². The van der Waals surface area contributed by atoms with Gasteiger partial charge in [-0.2, -0.15) is 0 Å². The maximum absolute atomic E-state index is 11.4. The summed E-state index contributed by atoms with van der Waals surface area (Å²) in [6, 6.07) is 0.644. The Morgan fingerprint density at radius 1 is 1.40 bits per heavy atom. The van der Waals surface area contributed by atoms with Gasteiger partial charge >= 0.3 is 5.97 Å². The Balaban J connectivity index is 2.41. The molecule has 0 saturated carbocycles. The third-order valence-electron chi connectivity index (χ3n) is 4.61. The van der Waals surface area contributed by atoms with E-state index in [2.05, 4.69) is 31.0 Å². The maximum atomic E-state index is 11.4. The second kappa shape index (κ2) is 7.99. The van der Waals surface area contributed by atoms with Crippen LogP contribution in [0.3, 0.4) is 0 Å². The van der Waals surface area contributed by atoms with E-state index < -0.39 is 11.5 Å². The summed E-state index contributed by atoms with van der Waals surface area (Å²) in [5, 5.41) is 12.6. The number of carboxylic acids is 1. The Hall–Kier alpha value is -0.610. The first-order valence-electron chi connectivity index (χ1n) is 8.11. The lowest BCUT2D eigenvalue weighted by Crippen LogP contribution is -2.50. The van der Waals surface area contributed by atoms with Crippen molar-refractivity contribution in [3.63, 3.8) is 0 Å². The lowest BCUT2D eigenvalue weighted by molar-refractivity contribution is -0.144.